The normalized spacial score (nSPS) is 12.7. The van der Waals surface area contributed by atoms with Crippen molar-refractivity contribution >= 4 is 181 Å². The van der Waals surface area contributed by atoms with Gasteiger partial charge in [0, 0.05) is 45.8 Å². The number of ether oxygens (including phenoxy) is 1. The third-order valence-electron chi connectivity index (χ3n) is 14.7. The van der Waals surface area contributed by atoms with Gasteiger partial charge in [-0.2, -0.15) is 80.9 Å². The van der Waals surface area contributed by atoms with E-state index in [9.17, 15) is 98.3 Å². The lowest BCUT2D eigenvalue weighted by Gasteiger charge is -2.15. The maximum atomic E-state index is 12.4. The number of rotatable bonds is 35. The molecule has 0 fully saturated rings. The van der Waals surface area contributed by atoms with Crippen molar-refractivity contribution in [3.63, 3.8) is 0 Å². The molecule has 0 saturated carbocycles. The number of aryl methyl sites for hydroxylation is 2. The second kappa shape index (κ2) is 34.3. The Morgan fingerprint density at radius 1 is 0.574 bits per heavy atom. The first-order valence-corrected chi connectivity index (χ1v) is 42.3. The van der Waals surface area contributed by atoms with Crippen molar-refractivity contribution in [3.8, 4) is 17.7 Å². The Morgan fingerprint density at radius 3 is 1.72 bits per heavy atom. The molecule has 0 bridgehead atoms. The van der Waals surface area contributed by atoms with Gasteiger partial charge in [-0.25, -0.2) is 4.98 Å². The quantitative estimate of drug-likeness (QED) is 0.00440. The summed E-state index contributed by atoms with van der Waals surface area (Å²) < 4.78 is 210. The summed E-state index contributed by atoms with van der Waals surface area (Å²) >= 11 is 1.93. The first-order valence-electron chi connectivity index (χ1n) is 31.0. The second-order valence-electron chi connectivity index (χ2n) is 22.7. The number of thioether (sulfide) groups is 2. The van der Waals surface area contributed by atoms with Crippen molar-refractivity contribution in [2.24, 2.45) is 40.9 Å². The van der Waals surface area contributed by atoms with Gasteiger partial charge >= 0.3 is 0 Å². The number of azo groups is 4. The van der Waals surface area contributed by atoms with Crippen molar-refractivity contribution in [2.75, 3.05) is 63.6 Å². The van der Waals surface area contributed by atoms with E-state index in [0.29, 0.717) is 22.7 Å². The van der Waals surface area contributed by atoms with E-state index in [4.69, 9.17) is 4.74 Å². The number of anilines is 5. The minimum Gasteiger partial charge on any atom is -0.493 e. The molecule has 9 aromatic rings. The number of nitrogens with zero attached hydrogens (tertiary/aromatic N) is 15. The van der Waals surface area contributed by atoms with Crippen molar-refractivity contribution in [2.45, 2.75) is 66.0 Å². The third kappa shape index (κ3) is 22.7. The number of para-hydroxylation sites is 2. The fourth-order valence-corrected chi connectivity index (χ4v) is 15.1. The van der Waals surface area contributed by atoms with Gasteiger partial charge in [-0.15, -0.1) is 54.2 Å². The highest BCUT2D eigenvalue weighted by molar-refractivity contribution is 7.99. The Kier molecular flexibility index (Phi) is 26.0. The number of aromatic hydroxyl groups is 1. The summed E-state index contributed by atoms with van der Waals surface area (Å²) in [4.78, 5) is 27.0. The van der Waals surface area contributed by atoms with Gasteiger partial charge in [0.15, 0.2) is 11.3 Å². The maximum absolute atomic E-state index is 12.4. The van der Waals surface area contributed by atoms with Gasteiger partial charge in [0.25, 0.3) is 66.4 Å². The van der Waals surface area contributed by atoms with Gasteiger partial charge in [-0.05, 0) is 129 Å². The number of nitriles is 1. The van der Waals surface area contributed by atoms with Crippen LogP contribution in [0.5, 0.6) is 11.6 Å². The fourth-order valence-electron chi connectivity index (χ4n) is 9.78. The molecule has 108 heavy (non-hydrogen) atoms. The lowest BCUT2D eigenvalue weighted by molar-refractivity contribution is -0.385. The number of imidazole rings is 1. The number of nitrogens with one attached hydrogen (secondary N) is 3. The number of pyridine rings is 1. The van der Waals surface area contributed by atoms with Crippen LogP contribution in [0.25, 0.3) is 16.7 Å². The summed E-state index contributed by atoms with van der Waals surface area (Å²) in [5.41, 5.74) is 0.270. The van der Waals surface area contributed by atoms with E-state index in [1.54, 1.807) is 38.1 Å². The lowest BCUT2D eigenvalue weighted by Crippen LogP contribution is -2.17. The van der Waals surface area contributed by atoms with Crippen molar-refractivity contribution in [1.29, 1.82) is 5.26 Å². The summed E-state index contributed by atoms with van der Waals surface area (Å²) in [6, 6.07) is 24.3. The van der Waals surface area contributed by atoms with Crippen LogP contribution in [0.15, 0.2) is 164 Å². The summed E-state index contributed by atoms with van der Waals surface area (Å²) in [5.74, 6) is -4.81. The number of aromatic nitrogens is 5. The van der Waals surface area contributed by atoms with E-state index < -0.39 is 128 Å². The van der Waals surface area contributed by atoms with Crippen LogP contribution in [0, 0.1) is 35.3 Å². The predicted molar refractivity (Wildman–Crippen MR) is 394 cm³/mol. The Balaban J connectivity index is 1.23. The SMILES string of the molecule is CCc1c(N=Nc2cc(C)c(N=Nc3cc(Nc4nc(NCCS(=O)(=O)O)nc(Nc5cccc(S(=O)(=O)O)c5)n4)c(N=Nc4cc(C)c(N=Nc5ccc([N+](=O)[O-])cc5S(=O)(=O)O)cc4SCCCS(=O)(=O)O)cc3SCCCS(=O)(=O)O)cc2OCCCS(=O)(=O)O)c(O)n2c(nc3ccccc32)c1C#N. The zero-order valence-electron chi connectivity index (χ0n) is 56.0. The first-order chi connectivity index (χ1) is 50.7. The molecule has 9 rings (SSSR count). The molecule has 48 heteroatoms. The minimum absolute atomic E-state index is 0.000230. The molecule has 0 spiro atoms. The molecule has 0 unspecified atom stereocenters. The molecule has 570 valence electrons. The molecule has 0 amide bonds. The van der Waals surface area contributed by atoms with Gasteiger partial charge in [0.1, 0.15) is 45.0 Å². The average molecular weight is 1640 g/mol. The summed E-state index contributed by atoms with van der Waals surface area (Å²) in [7, 11) is -28.0. The van der Waals surface area contributed by atoms with Crippen LogP contribution in [0.3, 0.4) is 0 Å². The number of non-ortho nitro benzene ring substituents is 1. The highest BCUT2D eigenvalue weighted by Gasteiger charge is 2.26. The number of benzene rings is 6. The van der Waals surface area contributed by atoms with Gasteiger partial charge < -0.3 is 25.8 Å². The second-order valence-corrected chi connectivity index (χ2v) is 34.1. The summed E-state index contributed by atoms with van der Waals surface area (Å²) in [5, 5.41) is 77.5. The Labute approximate surface area is 623 Å². The number of nitro benzene ring substituents is 1. The molecule has 3 heterocycles. The van der Waals surface area contributed by atoms with Crippen LogP contribution in [0.4, 0.5) is 80.4 Å². The lowest BCUT2D eigenvalue weighted by atomic mass is 10.1. The van der Waals surface area contributed by atoms with E-state index in [1.165, 1.54) is 59.9 Å². The van der Waals surface area contributed by atoms with E-state index >= 15 is 0 Å². The van der Waals surface area contributed by atoms with E-state index in [1.807, 2.05) is 0 Å². The molecule has 3 aromatic heterocycles. The van der Waals surface area contributed by atoms with Gasteiger partial charge in [0.05, 0.1) is 73.2 Å². The van der Waals surface area contributed by atoms with Crippen LogP contribution in [0.2, 0.25) is 0 Å². The van der Waals surface area contributed by atoms with Crippen molar-refractivity contribution in [1.82, 2.24) is 24.3 Å². The molecule has 0 aliphatic carbocycles. The molecular formula is C60H60N18O22S8. The van der Waals surface area contributed by atoms with Crippen molar-refractivity contribution < 1.29 is 92.6 Å². The molecule has 0 saturated heterocycles. The number of nitro groups is 1. The van der Waals surface area contributed by atoms with Gasteiger partial charge in [-0.1, -0.05) is 25.1 Å². The topological polar surface area (TPSA) is 614 Å². The Bertz CT molecular complexity index is 5930. The average Bonchev–Trinajstić information content (AvgIpc) is 1.58. The zero-order chi connectivity index (χ0) is 78.7. The van der Waals surface area contributed by atoms with E-state index in [0.717, 1.165) is 47.8 Å². The largest absolute Gasteiger partial charge is 0.493 e. The standard InChI is InChI=1S/C60H60N18O22S8/c1-4-39-40(33-61)56-64-41-13-5-6-14-50(41)77(56)57(79)55(39)76-73-47-25-34(2)43(30-51(47)100-18-8-21-103(82,83)84)70-75-49-29-45(65-60-67-58(62-17-24-106(91,92)93)66-59(68-60)63-36-11-7-12-38(27-36)107(94,95)96)46(32-53(49)102-20-10-23-105(88,89)90)72-74-48-26-35(3)44(31-52(48)101-19-9-22-104(85,86)87)71-69-42-16-15-37(78(80)81)28-54(42)108(97,98)99/h5-7,11-16,25-32,79H,4,8-10,17-24H2,1-3H3,(H,82,83,84)(H,85,86,87)(H,88,89,90)(H,91,92,93)(H,94,95,96)(H,97,98,99)(H3,62,63,65,66,67,68). The van der Waals surface area contributed by atoms with Crippen LogP contribution in [-0.4, -0.2) is 160 Å². The number of hydrogen-bond acceptors (Lipinski definition) is 34. The third-order valence-corrected chi connectivity index (χ3v) is 21.8. The molecule has 0 radical (unpaired) electrons. The van der Waals surface area contributed by atoms with Gasteiger partial charge in [-0.3, -0.25) is 41.8 Å². The monoisotopic (exact) mass is 1640 g/mol. The molecule has 0 aliphatic heterocycles. The molecule has 0 aliphatic rings. The van der Waals surface area contributed by atoms with Crippen LogP contribution < -0.4 is 20.7 Å². The van der Waals surface area contributed by atoms with Gasteiger partial charge in [0.2, 0.25) is 23.7 Å². The van der Waals surface area contributed by atoms with Crippen LogP contribution in [0.1, 0.15) is 48.4 Å². The highest BCUT2D eigenvalue weighted by atomic mass is 32.2. The smallest absolute Gasteiger partial charge is 0.297 e. The molecule has 6 aromatic carbocycles. The highest BCUT2D eigenvalue weighted by Crippen LogP contribution is 2.46. The molecule has 40 nitrogen and oxygen atoms in total. The Hall–Kier alpha value is -10.3. The fraction of sp³-hybridized carbons (Fsp3) is 0.250. The number of hydrogen-bond donors (Lipinski definition) is 10. The Morgan fingerprint density at radius 2 is 1.12 bits per heavy atom. The zero-order valence-corrected chi connectivity index (χ0v) is 62.6. The van der Waals surface area contributed by atoms with E-state index in [2.05, 4.69) is 82.9 Å². The minimum atomic E-state index is -5.13. The number of fused-ring (bicyclic) bond motifs is 3. The van der Waals surface area contributed by atoms with Crippen LogP contribution >= 0.6 is 23.5 Å². The maximum Gasteiger partial charge on any atom is 0.297 e. The first kappa shape index (κ1) is 81.8. The predicted octanol–water partition coefficient (Wildman–Crippen LogP) is 12.7. The summed E-state index contributed by atoms with van der Waals surface area (Å²) in [6.07, 6.45) is -0.397. The van der Waals surface area contributed by atoms with Crippen molar-refractivity contribution in [3.05, 3.63) is 135 Å². The molecule has 10 N–H and O–H groups in total. The summed E-state index contributed by atoms with van der Waals surface area (Å²) in [6.45, 7) is 3.93. The van der Waals surface area contributed by atoms with E-state index in [-0.39, 0.29) is 145 Å². The van der Waals surface area contributed by atoms with Crippen LogP contribution in [-0.2, 0) is 67.1 Å². The molecular weight excluding hydrogens is 1580 g/mol. The molecule has 0 atom stereocenters.